The molecule has 0 aliphatic heterocycles. The molecule has 4 nitrogen and oxygen atoms in total. The summed E-state index contributed by atoms with van der Waals surface area (Å²) in [7, 11) is 0. The predicted octanol–water partition coefficient (Wildman–Crippen LogP) is 2.41. The van der Waals surface area contributed by atoms with Gasteiger partial charge in [0, 0.05) is 17.1 Å². The maximum atomic E-state index is 11.7. The highest BCUT2D eigenvalue weighted by atomic mass is 32.1. The van der Waals surface area contributed by atoms with E-state index >= 15 is 0 Å². The monoisotopic (exact) mass is 269 g/mol. The molecule has 0 bridgehead atoms. The van der Waals surface area contributed by atoms with Crippen LogP contribution in [0.4, 0.5) is 0 Å². The van der Waals surface area contributed by atoms with Crippen LogP contribution >= 0.6 is 11.3 Å². The van der Waals surface area contributed by atoms with Crippen molar-refractivity contribution in [3.63, 3.8) is 0 Å². The summed E-state index contributed by atoms with van der Waals surface area (Å²) in [6.07, 6.45) is 3.97. The zero-order valence-electron chi connectivity index (χ0n) is 11.6. The highest BCUT2D eigenvalue weighted by Crippen LogP contribution is 2.18. The molecule has 0 aliphatic carbocycles. The number of hydrogen-bond donors (Lipinski definition) is 2. The summed E-state index contributed by atoms with van der Waals surface area (Å²) in [5, 5.41) is 7.20. The smallest absolute Gasteiger partial charge is 0.234 e. The average Bonchev–Trinajstić information content (AvgIpc) is 2.73. The van der Waals surface area contributed by atoms with Gasteiger partial charge in [-0.15, -0.1) is 11.3 Å². The van der Waals surface area contributed by atoms with Gasteiger partial charge >= 0.3 is 0 Å². The number of thiazole rings is 1. The number of carbonyl (C=O) groups is 1. The number of amides is 1. The lowest BCUT2D eigenvalue weighted by atomic mass is 10.2. The van der Waals surface area contributed by atoms with Gasteiger partial charge in [0.15, 0.2) is 0 Å². The van der Waals surface area contributed by atoms with Crippen molar-refractivity contribution in [1.82, 2.24) is 15.6 Å². The van der Waals surface area contributed by atoms with Crippen LogP contribution in [0.5, 0.6) is 0 Å². The maximum Gasteiger partial charge on any atom is 0.234 e. The maximum absolute atomic E-state index is 11.7. The summed E-state index contributed by atoms with van der Waals surface area (Å²) in [5.74, 6) is 0.0519. The zero-order chi connectivity index (χ0) is 13.5. The lowest BCUT2D eigenvalue weighted by Gasteiger charge is -2.15. The van der Waals surface area contributed by atoms with Gasteiger partial charge in [0.05, 0.1) is 12.6 Å². The number of aromatic nitrogens is 1. The molecular weight excluding hydrogens is 246 g/mol. The molecule has 2 N–H and O–H groups in total. The van der Waals surface area contributed by atoms with Crippen molar-refractivity contribution in [2.24, 2.45) is 0 Å². The van der Waals surface area contributed by atoms with E-state index < -0.39 is 0 Å². The second-order valence-corrected chi connectivity index (χ2v) is 5.94. The fourth-order valence-corrected chi connectivity index (χ4v) is 2.54. The molecule has 0 aromatic carbocycles. The quantitative estimate of drug-likeness (QED) is 0.799. The first kappa shape index (κ1) is 15.1. The van der Waals surface area contributed by atoms with Gasteiger partial charge in [0.2, 0.25) is 5.91 Å². The first-order valence-electron chi connectivity index (χ1n) is 6.48. The predicted molar refractivity (Wildman–Crippen MR) is 75.8 cm³/mol. The molecule has 102 valence electrons. The Bertz CT molecular complexity index is 378. The fourth-order valence-electron chi connectivity index (χ4n) is 1.74. The van der Waals surface area contributed by atoms with Crippen LogP contribution in [0.3, 0.4) is 0 Å². The molecule has 1 heterocycles. The van der Waals surface area contributed by atoms with Gasteiger partial charge < -0.3 is 5.32 Å². The van der Waals surface area contributed by atoms with Crippen molar-refractivity contribution in [1.29, 1.82) is 0 Å². The van der Waals surface area contributed by atoms with Crippen molar-refractivity contribution in [2.75, 3.05) is 6.54 Å². The van der Waals surface area contributed by atoms with Crippen LogP contribution in [0.25, 0.3) is 0 Å². The van der Waals surface area contributed by atoms with Gasteiger partial charge in [-0.2, -0.15) is 0 Å². The number of nitrogens with one attached hydrogen (secondary N) is 2. The molecule has 18 heavy (non-hydrogen) atoms. The van der Waals surface area contributed by atoms with E-state index in [9.17, 15) is 4.79 Å². The summed E-state index contributed by atoms with van der Waals surface area (Å²) in [5.41, 5.74) is 0. The molecule has 0 saturated carbocycles. The fraction of sp³-hybridized carbons (Fsp3) is 0.692. The van der Waals surface area contributed by atoms with Crippen LogP contribution in [-0.2, 0) is 4.79 Å². The van der Waals surface area contributed by atoms with Gasteiger partial charge in [-0.3, -0.25) is 10.1 Å². The highest BCUT2D eigenvalue weighted by Gasteiger charge is 2.11. The van der Waals surface area contributed by atoms with Gasteiger partial charge in [0.1, 0.15) is 5.01 Å². The molecule has 0 aliphatic rings. The summed E-state index contributed by atoms with van der Waals surface area (Å²) in [6.45, 7) is 8.56. The van der Waals surface area contributed by atoms with E-state index in [0.29, 0.717) is 6.54 Å². The van der Waals surface area contributed by atoms with Gasteiger partial charge in [-0.25, -0.2) is 4.98 Å². The Hall–Kier alpha value is -0.940. The first-order chi connectivity index (χ1) is 8.52. The molecule has 1 aromatic rings. The lowest BCUT2D eigenvalue weighted by molar-refractivity contribution is -0.121. The Labute approximate surface area is 113 Å². The number of aryl methyl sites for hydroxylation is 1. The highest BCUT2D eigenvalue weighted by molar-refractivity contribution is 7.11. The third-order valence-electron chi connectivity index (χ3n) is 2.71. The topological polar surface area (TPSA) is 54.0 Å². The van der Waals surface area contributed by atoms with Crippen LogP contribution < -0.4 is 10.6 Å². The Kier molecular flexibility index (Phi) is 6.29. The SMILES string of the molecule is CCCC(C)NC(=O)CNC(C)c1ncc(C)s1. The van der Waals surface area contributed by atoms with Crippen LogP contribution in [-0.4, -0.2) is 23.5 Å². The minimum absolute atomic E-state index is 0.0519. The Morgan fingerprint density at radius 3 is 2.78 bits per heavy atom. The first-order valence-corrected chi connectivity index (χ1v) is 7.29. The van der Waals surface area contributed by atoms with E-state index in [-0.39, 0.29) is 18.0 Å². The molecule has 1 amide bonds. The van der Waals surface area contributed by atoms with Gasteiger partial charge in [0.25, 0.3) is 0 Å². The molecule has 0 spiro atoms. The van der Waals surface area contributed by atoms with Crippen molar-refractivity contribution in [3.05, 3.63) is 16.1 Å². The minimum atomic E-state index is 0.0519. The Morgan fingerprint density at radius 1 is 1.50 bits per heavy atom. The molecule has 2 atom stereocenters. The summed E-state index contributed by atoms with van der Waals surface area (Å²) in [4.78, 5) is 17.2. The molecule has 0 saturated heterocycles. The molecule has 0 radical (unpaired) electrons. The van der Waals surface area contributed by atoms with E-state index in [1.165, 1.54) is 4.88 Å². The molecule has 1 rings (SSSR count). The van der Waals surface area contributed by atoms with E-state index in [2.05, 4.69) is 22.5 Å². The van der Waals surface area contributed by atoms with Gasteiger partial charge in [-0.05, 0) is 27.2 Å². The van der Waals surface area contributed by atoms with Crippen LogP contribution in [0.15, 0.2) is 6.20 Å². The second-order valence-electron chi connectivity index (χ2n) is 4.67. The summed E-state index contributed by atoms with van der Waals surface area (Å²) >= 11 is 1.66. The molecule has 0 fully saturated rings. The Morgan fingerprint density at radius 2 is 2.22 bits per heavy atom. The van der Waals surface area contributed by atoms with Crippen LogP contribution in [0, 0.1) is 6.92 Å². The van der Waals surface area contributed by atoms with E-state index in [1.54, 1.807) is 11.3 Å². The molecule has 5 heteroatoms. The van der Waals surface area contributed by atoms with Gasteiger partial charge in [-0.1, -0.05) is 13.3 Å². The van der Waals surface area contributed by atoms with Crippen molar-refractivity contribution in [3.8, 4) is 0 Å². The van der Waals surface area contributed by atoms with Crippen molar-refractivity contribution < 1.29 is 4.79 Å². The number of rotatable bonds is 7. The van der Waals surface area contributed by atoms with E-state index in [0.717, 1.165) is 17.8 Å². The Balaban J connectivity index is 2.30. The number of nitrogens with zero attached hydrogens (tertiary/aromatic N) is 1. The van der Waals surface area contributed by atoms with Crippen LogP contribution in [0.1, 0.15) is 49.5 Å². The van der Waals surface area contributed by atoms with E-state index in [1.807, 2.05) is 27.0 Å². The molecule has 1 aromatic heterocycles. The molecule has 2 unspecified atom stereocenters. The lowest BCUT2D eigenvalue weighted by Crippen LogP contribution is -2.39. The van der Waals surface area contributed by atoms with Crippen molar-refractivity contribution >= 4 is 17.2 Å². The number of carbonyl (C=O) groups excluding carboxylic acids is 1. The van der Waals surface area contributed by atoms with Crippen LogP contribution in [0.2, 0.25) is 0 Å². The normalized spacial score (nSPS) is 14.2. The number of hydrogen-bond acceptors (Lipinski definition) is 4. The third-order valence-corrected chi connectivity index (χ3v) is 3.80. The average molecular weight is 269 g/mol. The second kappa shape index (κ2) is 7.48. The summed E-state index contributed by atoms with van der Waals surface area (Å²) < 4.78 is 0. The van der Waals surface area contributed by atoms with E-state index in [4.69, 9.17) is 0 Å². The minimum Gasteiger partial charge on any atom is -0.353 e. The third kappa shape index (κ3) is 5.14. The standard InChI is InChI=1S/C13H23N3OS/c1-5-6-9(2)16-12(17)8-14-11(4)13-15-7-10(3)18-13/h7,9,11,14H,5-6,8H2,1-4H3,(H,16,17). The molecular formula is C13H23N3OS. The summed E-state index contributed by atoms with van der Waals surface area (Å²) in [6, 6.07) is 0.373. The van der Waals surface area contributed by atoms with Crippen molar-refractivity contribution in [2.45, 2.75) is 52.6 Å². The zero-order valence-corrected chi connectivity index (χ0v) is 12.4. The largest absolute Gasteiger partial charge is 0.353 e.